The van der Waals surface area contributed by atoms with Crippen LogP contribution in [0.1, 0.15) is 5.56 Å². The number of rotatable bonds is 3. The SMILES string of the molecule is Clc1cnccc1COc1cccc2ccccc12. The van der Waals surface area contributed by atoms with Gasteiger partial charge in [0.2, 0.25) is 0 Å². The summed E-state index contributed by atoms with van der Waals surface area (Å²) in [5, 5.41) is 2.90. The van der Waals surface area contributed by atoms with Crippen molar-refractivity contribution < 1.29 is 4.74 Å². The average Bonchev–Trinajstić information content (AvgIpc) is 2.46. The number of aromatic nitrogens is 1. The fourth-order valence-corrected chi connectivity index (χ4v) is 2.17. The molecule has 1 aromatic heterocycles. The van der Waals surface area contributed by atoms with E-state index in [2.05, 4.69) is 23.2 Å². The van der Waals surface area contributed by atoms with Gasteiger partial charge in [-0.2, -0.15) is 0 Å². The zero-order valence-electron chi connectivity index (χ0n) is 10.2. The Hall–Kier alpha value is -2.06. The molecule has 0 saturated carbocycles. The van der Waals surface area contributed by atoms with Crippen molar-refractivity contribution in [3.05, 3.63) is 71.5 Å². The Labute approximate surface area is 116 Å². The van der Waals surface area contributed by atoms with Crippen LogP contribution in [0.4, 0.5) is 0 Å². The minimum absolute atomic E-state index is 0.440. The largest absolute Gasteiger partial charge is 0.488 e. The Morgan fingerprint density at radius 2 is 1.84 bits per heavy atom. The minimum atomic E-state index is 0.440. The van der Waals surface area contributed by atoms with E-state index in [-0.39, 0.29) is 0 Å². The first kappa shape index (κ1) is 12.0. The van der Waals surface area contributed by atoms with E-state index in [1.54, 1.807) is 12.4 Å². The molecule has 0 fully saturated rings. The lowest BCUT2D eigenvalue weighted by molar-refractivity contribution is 0.310. The Kier molecular flexibility index (Phi) is 3.34. The molecule has 19 heavy (non-hydrogen) atoms. The van der Waals surface area contributed by atoms with Crippen LogP contribution in [0.5, 0.6) is 5.75 Å². The molecule has 0 amide bonds. The monoisotopic (exact) mass is 269 g/mol. The molecule has 0 aliphatic rings. The van der Waals surface area contributed by atoms with Gasteiger partial charge in [0.15, 0.2) is 0 Å². The number of hydrogen-bond acceptors (Lipinski definition) is 2. The van der Waals surface area contributed by atoms with E-state index in [1.165, 1.54) is 5.39 Å². The summed E-state index contributed by atoms with van der Waals surface area (Å²) in [5.41, 5.74) is 0.935. The lowest BCUT2D eigenvalue weighted by Crippen LogP contribution is -1.97. The Balaban J connectivity index is 1.88. The van der Waals surface area contributed by atoms with Gasteiger partial charge in [0.25, 0.3) is 0 Å². The van der Waals surface area contributed by atoms with Gasteiger partial charge in [0.1, 0.15) is 12.4 Å². The Morgan fingerprint density at radius 1 is 1.00 bits per heavy atom. The molecule has 0 N–H and O–H groups in total. The molecule has 3 aromatic rings. The Bertz CT molecular complexity index is 706. The molecule has 94 valence electrons. The number of nitrogens with zero attached hydrogens (tertiary/aromatic N) is 1. The number of hydrogen-bond donors (Lipinski definition) is 0. The number of ether oxygens (including phenoxy) is 1. The van der Waals surface area contributed by atoms with E-state index in [9.17, 15) is 0 Å². The highest BCUT2D eigenvalue weighted by Gasteiger charge is 2.04. The second-order valence-electron chi connectivity index (χ2n) is 4.23. The van der Waals surface area contributed by atoms with Crippen LogP contribution in [-0.4, -0.2) is 4.98 Å². The van der Waals surface area contributed by atoms with Gasteiger partial charge in [-0.05, 0) is 17.5 Å². The van der Waals surface area contributed by atoms with Crippen molar-refractivity contribution in [2.45, 2.75) is 6.61 Å². The zero-order chi connectivity index (χ0) is 13.1. The summed E-state index contributed by atoms with van der Waals surface area (Å²) in [6.45, 7) is 0.440. The van der Waals surface area contributed by atoms with Crippen LogP contribution in [-0.2, 0) is 6.61 Å². The third-order valence-electron chi connectivity index (χ3n) is 2.99. The average molecular weight is 270 g/mol. The summed E-state index contributed by atoms with van der Waals surface area (Å²) >= 11 is 6.07. The third kappa shape index (κ3) is 2.54. The second-order valence-corrected chi connectivity index (χ2v) is 4.64. The molecular weight excluding hydrogens is 258 g/mol. The molecule has 2 aromatic carbocycles. The van der Waals surface area contributed by atoms with Crippen molar-refractivity contribution >= 4 is 22.4 Å². The normalized spacial score (nSPS) is 10.6. The van der Waals surface area contributed by atoms with Crippen molar-refractivity contribution in [2.75, 3.05) is 0 Å². The molecule has 0 bridgehead atoms. The molecule has 0 spiro atoms. The molecule has 1 heterocycles. The predicted octanol–water partition coefficient (Wildman–Crippen LogP) is 4.47. The van der Waals surface area contributed by atoms with Crippen LogP contribution in [0.15, 0.2) is 60.9 Å². The highest BCUT2D eigenvalue weighted by Crippen LogP contribution is 2.26. The maximum atomic E-state index is 6.07. The van der Waals surface area contributed by atoms with Crippen molar-refractivity contribution in [2.24, 2.45) is 0 Å². The molecule has 0 atom stereocenters. The third-order valence-corrected chi connectivity index (χ3v) is 3.33. The molecular formula is C16H12ClNO. The first-order valence-corrected chi connectivity index (χ1v) is 6.41. The number of pyridine rings is 1. The van der Waals surface area contributed by atoms with Crippen LogP contribution in [0, 0.1) is 0 Å². The van der Waals surface area contributed by atoms with E-state index < -0.39 is 0 Å². The number of halogens is 1. The molecule has 0 aliphatic carbocycles. The van der Waals surface area contributed by atoms with Gasteiger partial charge in [0, 0.05) is 23.3 Å². The first-order chi connectivity index (χ1) is 9.34. The lowest BCUT2D eigenvalue weighted by Gasteiger charge is -2.10. The summed E-state index contributed by atoms with van der Waals surface area (Å²) in [6, 6.07) is 16.1. The molecule has 0 aliphatic heterocycles. The highest BCUT2D eigenvalue weighted by atomic mass is 35.5. The minimum Gasteiger partial charge on any atom is -0.488 e. The van der Waals surface area contributed by atoms with E-state index in [0.29, 0.717) is 11.6 Å². The standard InChI is InChI=1S/C16H12ClNO/c17-15-10-18-9-8-13(15)11-19-16-7-3-5-12-4-1-2-6-14(12)16/h1-10H,11H2. The summed E-state index contributed by atoms with van der Waals surface area (Å²) in [6.07, 6.45) is 3.34. The topological polar surface area (TPSA) is 22.1 Å². The van der Waals surface area contributed by atoms with Crippen molar-refractivity contribution in [1.82, 2.24) is 4.98 Å². The van der Waals surface area contributed by atoms with Crippen LogP contribution >= 0.6 is 11.6 Å². The van der Waals surface area contributed by atoms with E-state index in [1.807, 2.05) is 30.3 Å². The van der Waals surface area contributed by atoms with Crippen LogP contribution < -0.4 is 4.74 Å². The molecule has 3 heteroatoms. The maximum absolute atomic E-state index is 6.07. The number of fused-ring (bicyclic) bond motifs is 1. The quantitative estimate of drug-likeness (QED) is 0.700. The molecule has 2 nitrogen and oxygen atoms in total. The fraction of sp³-hybridized carbons (Fsp3) is 0.0625. The van der Waals surface area contributed by atoms with Crippen LogP contribution in [0.3, 0.4) is 0 Å². The van der Waals surface area contributed by atoms with Crippen LogP contribution in [0.25, 0.3) is 10.8 Å². The molecule has 0 radical (unpaired) electrons. The van der Waals surface area contributed by atoms with Crippen molar-refractivity contribution in [3.8, 4) is 5.75 Å². The second kappa shape index (κ2) is 5.29. The van der Waals surface area contributed by atoms with Gasteiger partial charge in [0.05, 0.1) is 5.02 Å². The van der Waals surface area contributed by atoms with Gasteiger partial charge < -0.3 is 4.74 Å². The van der Waals surface area contributed by atoms with Gasteiger partial charge in [-0.3, -0.25) is 4.98 Å². The number of benzene rings is 2. The summed E-state index contributed by atoms with van der Waals surface area (Å²) in [4.78, 5) is 3.96. The Morgan fingerprint density at radius 3 is 2.74 bits per heavy atom. The molecule has 3 rings (SSSR count). The van der Waals surface area contributed by atoms with E-state index >= 15 is 0 Å². The summed E-state index contributed by atoms with van der Waals surface area (Å²) < 4.78 is 5.87. The van der Waals surface area contributed by atoms with Gasteiger partial charge in [-0.25, -0.2) is 0 Å². The maximum Gasteiger partial charge on any atom is 0.127 e. The van der Waals surface area contributed by atoms with E-state index in [0.717, 1.165) is 16.7 Å². The molecule has 0 unspecified atom stereocenters. The fourth-order valence-electron chi connectivity index (χ4n) is 2.00. The van der Waals surface area contributed by atoms with Gasteiger partial charge in [-0.15, -0.1) is 0 Å². The lowest BCUT2D eigenvalue weighted by atomic mass is 10.1. The van der Waals surface area contributed by atoms with Crippen molar-refractivity contribution in [1.29, 1.82) is 0 Å². The molecule has 0 saturated heterocycles. The first-order valence-electron chi connectivity index (χ1n) is 6.03. The highest BCUT2D eigenvalue weighted by molar-refractivity contribution is 6.31. The van der Waals surface area contributed by atoms with Crippen LogP contribution in [0.2, 0.25) is 5.02 Å². The van der Waals surface area contributed by atoms with Gasteiger partial charge >= 0.3 is 0 Å². The zero-order valence-corrected chi connectivity index (χ0v) is 11.0. The summed E-state index contributed by atoms with van der Waals surface area (Å²) in [7, 11) is 0. The van der Waals surface area contributed by atoms with Gasteiger partial charge in [-0.1, -0.05) is 48.0 Å². The predicted molar refractivity (Wildman–Crippen MR) is 77.5 cm³/mol. The van der Waals surface area contributed by atoms with Crippen molar-refractivity contribution in [3.63, 3.8) is 0 Å². The summed E-state index contributed by atoms with van der Waals surface area (Å²) in [5.74, 6) is 0.867. The van der Waals surface area contributed by atoms with E-state index in [4.69, 9.17) is 16.3 Å². The smallest absolute Gasteiger partial charge is 0.127 e.